The van der Waals surface area contributed by atoms with Gasteiger partial charge in [0.05, 0.1) is 6.42 Å². The predicted octanol–water partition coefficient (Wildman–Crippen LogP) is 2.53. The minimum atomic E-state index is -0.906. The van der Waals surface area contributed by atoms with E-state index < -0.39 is 5.97 Å². The number of aliphatic carboxylic acids is 1. The van der Waals surface area contributed by atoms with Crippen LogP contribution >= 0.6 is 0 Å². The molecule has 0 bridgehead atoms. The number of hydrogen-bond donors (Lipinski definition) is 1. The molecule has 0 saturated heterocycles. The molecule has 1 amide bonds. The van der Waals surface area contributed by atoms with Crippen LogP contribution in [0.2, 0.25) is 0 Å². The van der Waals surface area contributed by atoms with Crippen molar-refractivity contribution in [3.05, 3.63) is 0 Å². The van der Waals surface area contributed by atoms with Gasteiger partial charge in [-0.05, 0) is 18.8 Å². The van der Waals surface area contributed by atoms with Gasteiger partial charge >= 0.3 is 5.97 Å². The minimum Gasteiger partial charge on any atom is -0.481 e. The molecular weight excluding hydrogens is 218 g/mol. The molecule has 1 atom stereocenters. The van der Waals surface area contributed by atoms with Crippen molar-refractivity contribution in [3.8, 4) is 0 Å². The van der Waals surface area contributed by atoms with Crippen LogP contribution in [0.3, 0.4) is 0 Å². The quantitative estimate of drug-likeness (QED) is 0.677. The predicted molar refractivity (Wildman–Crippen MR) is 67.8 cm³/mol. The number of carbonyl (C=O) groups excluding carboxylic acids is 1. The standard InChI is InChI=1S/C13H25NO3/c1-4-9-14(10-8-11(3)5-2)12(15)6-7-13(16)17/h11H,4-10H2,1-3H3,(H,16,17). The van der Waals surface area contributed by atoms with Crippen molar-refractivity contribution in [1.29, 1.82) is 0 Å². The van der Waals surface area contributed by atoms with Crippen LogP contribution in [0.4, 0.5) is 0 Å². The summed E-state index contributed by atoms with van der Waals surface area (Å²) in [7, 11) is 0. The van der Waals surface area contributed by atoms with Crippen LogP contribution in [0.15, 0.2) is 0 Å². The Morgan fingerprint density at radius 3 is 2.29 bits per heavy atom. The molecule has 0 aliphatic heterocycles. The van der Waals surface area contributed by atoms with Gasteiger partial charge in [-0.1, -0.05) is 27.2 Å². The maximum atomic E-state index is 11.8. The van der Waals surface area contributed by atoms with Crippen molar-refractivity contribution in [2.75, 3.05) is 13.1 Å². The molecule has 4 heteroatoms. The summed E-state index contributed by atoms with van der Waals surface area (Å²) in [6.07, 6.45) is 3.08. The molecule has 4 nitrogen and oxygen atoms in total. The highest BCUT2D eigenvalue weighted by Gasteiger charge is 2.14. The van der Waals surface area contributed by atoms with E-state index in [2.05, 4.69) is 13.8 Å². The van der Waals surface area contributed by atoms with Crippen LogP contribution < -0.4 is 0 Å². The Hall–Kier alpha value is -1.06. The fourth-order valence-electron chi connectivity index (χ4n) is 1.58. The number of amides is 1. The molecule has 0 saturated carbocycles. The van der Waals surface area contributed by atoms with Crippen molar-refractivity contribution in [3.63, 3.8) is 0 Å². The zero-order valence-electron chi connectivity index (χ0n) is 11.2. The molecule has 1 unspecified atom stereocenters. The lowest BCUT2D eigenvalue weighted by atomic mass is 10.0. The van der Waals surface area contributed by atoms with Crippen molar-refractivity contribution in [1.82, 2.24) is 4.90 Å². The van der Waals surface area contributed by atoms with Gasteiger partial charge in [-0.2, -0.15) is 0 Å². The van der Waals surface area contributed by atoms with E-state index in [0.29, 0.717) is 5.92 Å². The average Bonchev–Trinajstić information content (AvgIpc) is 2.30. The van der Waals surface area contributed by atoms with Crippen molar-refractivity contribution in [2.45, 2.75) is 52.9 Å². The third-order valence-electron chi connectivity index (χ3n) is 2.99. The van der Waals surface area contributed by atoms with Crippen LogP contribution in [-0.2, 0) is 9.59 Å². The number of rotatable bonds is 9. The second kappa shape index (κ2) is 9.02. The third kappa shape index (κ3) is 7.77. The molecule has 100 valence electrons. The summed E-state index contributed by atoms with van der Waals surface area (Å²) >= 11 is 0. The summed E-state index contributed by atoms with van der Waals surface area (Å²) in [6, 6.07) is 0. The van der Waals surface area contributed by atoms with E-state index in [1.165, 1.54) is 0 Å². The van der Waals surface area contributed by atoms with Gasteiger partial charge < -0.3 is 10.0 Å². The van der Waals surface area contributed by atoms with Gasteiger partial charge in [-0.15, -0.1) is 0 Å². The lowest BCUT2D eigenvalue weighted by molar-refractivity contribution is -0.141. The molecule has 0 aromatic carbocycles. The Balaban J connectivity index is 4.10. The first-order valence-electron chi connectivity index (χ1n) is 6.50. The molecular formula is C13H25NO3. The van der Waals surface area contributed by atoms with Crippen molar-refractivity contribution in [2.24, 2.45) is 5.92 Å². The van der Waals surface area contributed by atoms with Gasteiger partial charge in [-0.25, -0.2) is 0 Å². The molecule has 0 aliphatic rings. The Kier molecular flexibility index (Phi) is 8.46. The van der Waals surface area contributed by atoms with E-state index in [9.17, 15) is 9.59 Å². The first kappa shape index (κ1) is 15.9. The van der Waals surface area contributed by atoms with Gasteiger partial charge in [0.1, 0.15) is 0 Å². The Labute approximate surface area is 104 Å². The summed E-state index contributed by atoms with van der Waals surface area (Å²) in [5.74, 6) is -0.323. The van der Waals surface area contributed by atoms with E-state index in [0.717, 1.165) is 32.4 Å². The van der Waals surface area contributed by atoms with Crippen LogP contribution in [-0.4, -0.2) is 35.0 Å². The summed E-state index contributed by atoms with van der Waals surface area (Å²) < 4.78 is 0. The summed E-state index contributed by atoms with van der Waals surface area (Å²) in [5, 5.41) is 8.56. The lowest BCUT2D eigenvalue weighted by Gasteiger charge is -2.23. The molecule has 1 N–H and O–H groups in total. The van der Waals surface area contributed by atoms with Gasteiger partial charge in [0.15, 0.2) is 0 Å². The molecule has 0 heterocycles. The zero-order valence-corrected chi connectivity index (χ0v) is 11.2. The number of carboxylic acids is 1. The Bertz CT molecular complexity index is 241. The monoisotopic (exact) mass is 243 g/mol. The van der Waals surface area contributed by atoms with E-state index in [1.54, 1.807) is 4.90 Å². The highest BCUT2D eigenvalue weighted by atomic mass is 16.4. The fourth-order valence-corrected chi connectivity index (χ4v) is 1.58. The van der Waals surface area contributed by atoms with E-state index in [-0.39, 0.29) is 18.7 Å². The molecule has 0 rings (SSSR count). The third-order valence-corrected chi connectivity index (χ3v) is 2.99. The van der Waals surface area contributed by atoms with Crippen LogP contribution in [0.1, 0.15) is 52.9 Å². The molecule has 0 spiro atoms. The molecule has 0 aromatic rings. The average molecular weight is 243 g/mol. The Morgan fingerprint density at radius 1 is 1.18 bits per heavy atom. The fraction of sp³-hybridized carbons (Fsp3) is 0.846. The number of carboxylic acid groups (broad SMARTS) is 1. The first-order valence-corrected chi connectivity index (χ1v) is 6.50. The number of nitrogens with zero attached hydrogens (tertiary/aromatic N) is 1. The topological polar surface area (TPSA) is 57.6 Å². The maximum absolute atomic E-state index is 11.8. The zero-order chi connectivity index (χ0) is 13.3. The maximum Gasteiger partial charge on any atom is 0.303 e. The first-order chi connectivity index (χ1) is 8.01. The van der Waals surface area contributed by atoms with Gasteiger partial charge in [0.2, 0.25) is 5.91 Å². The molecule has 17 heavy (non-hydrogen) atoms. The highest BCUT2D eigenvalue weighted by molar-refractivity contribution is 5.80. The molecule has 0 aromatic heterocycles. The van der Waals surface area contributed by atoms with Gasteiger partial charge in [0.25, 0.3) is 0 Å². The normalized spacial score (nSPS) is 12.2. The van der Waals surface area contributed by atoms with Crippen molar-refractivity contribution < 1.29 is 14.7 Å². The summed E-state index contributed by atoms with van der Waals surface area (Å²) in [5.41, 5.74) is 0. The van der Waals surface area contributed by atoms with Crippen LogP contribution in [0.25, 0.3) is 0 Å². The van der Waals surface area contributed by atoms with Crippen LogP contribution in [0.5, 0.6) is 0 Å². The second-order valence-electron chi connectivity index (χ2n) is 4.58. The SMILES string of the molecule is CCCN(CCC(C)CC)C(=O)CCC(=O)O. The van der Waals surface area contributed by atoms with Crippen LogP contribution in [0, 0.1) is 5.92 Å². The van der Waals surface area contributed by atoms with Gasteiger partial charge in [0, 0.05) is 19.5 Å². The molecule has 0 fully saturated rings. The van der Waals surface area contributed by atoms with Gasteiger partial charge in [-0.3, -0.25) is 9.59 Å². The minimum absolute atomic E-state index is 0.0300. The Morgan fingerprint density at radius 2 is 1.82 bits per heavy atom. The highest BCUT2D eigenvalue weighted by Crippen LogP contribution is 2.09. The van der Waals surface area contributed by atoms with Crippen molar-refractivity contribution >= 4 is 11.9 Å². The summed E-state index contributed by atoms with van der Waals surface area (Å²) in [4.78, 5) is 24.0. The molecule has 0 aliphatic carbocycles. The second-order valence-corrected chi connectivity index (χ2v) is 4.58. The lowest BCUT2D eigenvalue weighted by Crippen LogP contribution is -2.33. The number of carbonyl (C=O) groups is 2. The smallest absolute Gasteiger partial charge is 0.303 e. The number of hydrogen-bond acceptors (Lipinski definition) is 2. The van der Waals surface area contributed by atoms with E-state index >= 15 is 0 Å². The van der Waals surface area contributed by atoms with E-state index in [1.807, 2.05) is 6.92 Å². The largest absolute Gasteiger partial charge is 0.481 e. The molecule has 0 radical (unpaired) electrons. The van der Waals surface area contributed by atoms with E-state index in [4.69, 9.17) is 5.11 Å². The summed E-state index contributed by atoms with van der Waals surface area (Å²) in [6.45, 7) is 7.82.